The van der Waals surface area contributed by atoms with Crippen molar-refractivity contribution in [1.29, 1.82) is 10.5 Å². The lowest BCUT2D eigenvalue weighted by Gasteiger charge is -2.14. The van der Waals surface area contributed by atoms with Crippen molar-refractivity contribution in [3.8, 4) is 12.1 Å². The zero-order valence-electron chi connectivity index (χ0n) is 14.7. The number of allylic oxidation sites excluding steroid dienone is 1. The smallest absolute Gasteiger partial charge is 0.261 e. The summed E-state index contributed by atoms with van der Waals surface area (Å²) in [6.45, 7) is 5.68. The van der Waals surface area contributed by atoms with E-state index in [1.807, 2.05) is 32.9 Å². The van der Waals surface area contributed by atoms with Crippen LogP contribution in [0, 0.1) is 43.4 Å². The van der Waals surface area contributed by atoms with E-state index < -0.39 is 10.0 Å². The average molecular weight is 366 g/mol. The molecule has 0 aliphatic rings. The third-order valence-corrected chi connectivity index (χ3v) is 5.07. The zero-order valence-corrected chi connectivity index (χ0v) is 15.5. The van der Waals surface area contributed by atoms with Crippen LogP contribution in [-0.2, 0) is 10.0 Å². The SMILES string of the molecule is Cc1cc(C)c(NS(=O)(=O)c2ccc(NC=C(C#N)C#N)cc2)c(C)c1. The number of anilines is 2. The van der Waals surface area contributed by atoms with Gasteiger partial charge in [-0.15, -0.1) is 0 Å². The Morgan fingerprint density at radius 3 is 2.04 bits per heavy atom. The highest BCUT2D eigenvalue weighted by molar-refractivity contribution is 7.92. The summed E-state index contributed by atoms with van der Waals surface area (Å²) in [7, 11) is -3.73. The van der Waals surface area contributed by atoms with Crippen molar-refractivity contribution in [2.75, 3.05) is 10.0 Å². The number of benzene rings is 2. The van der Waals surface area contributed by atoms with Crippen molar-refractivity contribution in [2.45, 2.75) is 25.7 Å². The summed E-state index contributed by atoms with van der Waals surface area (Å²) < 4.78 is 27.9. The molecule has 0 atom stereocenters. The first-order valence-electron chi connectivity index (χ1n) is 7.74. The van der Waals surface area contributed by atoms with E-state index in [1.54, 1.807) is 24.3 Å². The number of nitrogens with zero attached hydrogens (tertiary/aromatic N) is 2. The lowest BCUT2D eigenvalue weighted by molar-refractivity contribution is 0.601. The van der Waals surface area contributed by atoms with E-state index in [0.717, 1.165) is 16.7 Å². The number of sulfonamides is 1. The van der Waals surface area contributed by atoms with Gasteiger partial charge in [0.2, 0.25) is 0 Å². The maximum atomic E-state index is 12.6. The van der Waals surface area contributed by atoms with Crippen molar-refractivity contribution in [3.63, 3.8) is 0 Å². The van der Waals surface area contributed by atoms with Crippen LogP contribution in [0.5, 0.6) is 0 Å². The molecule has 7 heteroatoms. The highest BCUT2D eigenvalue weighted by Gasteiger charge is 2.16. The molecule has 0 amide bonds. The van der Waals surface area contributed by atoms with E-state index in [2.05, 4.69) is 10.0 Å². The fourth-order valence-corrected chi connectivity index (χ4v) is 3.71. The molecular formula is C19H18N4O2S. The number of hydrogen-bond acceptors (Lipinski definition) is 5. The molecule has 132 valence electrons. The zero-order chi connectivity index (χ0) is 19.3. The van der Waals surface area contributed by atoms with Gasteiger partial charge in [0.15, 0.2) is 0 Å². The third-order valence-electron chi connectivity index (χ3n) is 3.70. The fraction of sp³-hybridized carbons (Fsp3) is 0.158. The summed E-state index contributed by atoms with van der Waals surface area (Å²) in [6.07, 6.45) is 1.26. The van der Waals surface area contributed by atoms with Crippen molar-refractivity contribution in [1.82, 2.24) is 0 Å². The number of nitriles is 2. The molecule has 0 aliphatic carbocycles. The Balaban J connectivity index is 2.24. The maximum Gasteiger partial charge on any atom is 0.261 e. The average Bonchev–Trinajstić information content (AvgIpc) is 2.59. The van der Waals surface area contributed by atoms with Crippen LogP contribution in [0.2, 0.25) is 0 Å². The van der Waals surface area contributed by atoms with Gasteiger partial charge in [0.25, 0.3) is 10.0 Å². The highest BCUT2D eigenvalue weighted by Crippen LogP contribution is 2.25. The summed E-state index contributed by atoms with van der Waals surface area (Å²) in [5.41, 5.74) is 3.85. The minimum Gasteiger partial charge on any atom is -0.360 e. The first kappa shape index (κ1) is 19.0. The minimum atomic E-state index is -3.73. The van der Waals surface area contributed by atoms with Gasteiger partial charge in [-0.1, -0.05) is 17.7 Å². The third kappa shape index (κ3) is 4.41. The van der Waals surface area contributed by atoms with E-state index in [1.165, 1.54) is 18.3 Å². The molecule has 2 aromatic rings. The van der Waals surface area contributed by atoms with Gasteiger partial charge in [0, 0.05) is 11.9 Å². The second-order valence-electron chi connectivity index (χ2n) is 5.83. The first-order valence-corrected chi connectivity index (χ1v) is 9.23. The maximum absolute atomic E-state index is 12.6. The molecule has 2 rings (SSSR count). The molecular weight excluding hydrogens is 348 g/mol. The van der Waals surface area contributed by atoms with E-state index in [-0.39, 0.29) is 10.5 Å². The molecule has 0 heterocycles. The summed E-state index contributed by atoms with van der Waals surface area (Å²) in [5.74, 6) is 0. The topological polar surface area (TPSA) is 106 Å². The van der Waals surface area contributed by atoms with Gasteiger partial charge in [0.05, 0.1) is 10.6 Å². The Morgan fingerprint density at radius 1 is 1.00 bits per heavy atom. The molecule has 0 unspecified atom stereocenters. The van der Waals surface area contributed by atoms with Crippen LogP contribution >= 0.6 is 0 Å². The Morgan fingerprint density at radius 2 is 1.54 bits per heavy atom. The van der Waals surface area contributed by atoms with Crippen molar-refractivity contribution in [3.05, 3.63) is 64.9 Å². The molecule has 26 heavy (non-hydrogen) atoms. The van der Waals surface area contributed by atoms with Gasteiger partial charge in [-0.25, -0.2) is 8.42 Å². The lowest BCUT2D eigenvalue weighted by Crippen LogP contribution is -2.14. The highest BCUT2D eigenvalue weighted by atomic mass is 32.2. The summed E-state index contributed by atoms with van der Waals surface area (Å²) in [5, 5.41) is 20.2. The van der Waals surface area contributed by atoms with Crippen LogP contribution in [0.25, 0.3) is 0 Å². The van der Waals surface area contributed by atoms with Crippen LogP contribution in [0.15, 0.2) is 53.1 Å². The normalized spacial score (nSPS) is 10.3. The molecule has 0 saturated carbocycles. The van der Waals surface area contributed by atoms with Gasteiger partial charge in [0.1, 0.15) is 17.7 Å². The second kappa shape index (κ2) is 7.73. The molecule has 0 radical (unpaired) electrons. The predicted octanol–water partition coefficient (Wildman–Crippen LogP) is 3.76. The fourth-order valence-electron chi connectivity index (χ4n) is 2.51. The molecule has 0 spiro atoms. The van der Waals surface area contributed by atoms with Gasteiger partial charge in [-0.2, -0.15) is 10.5 Å². The summed E-state index contributed by atoms with van der Waals surface area (Å²) >= 11 is 0. The van der Waals surface area contributed by atoms with Gasteiger partial charge < -0.3 is 5.32 Å². The van der Waals surface area contributed by atoms with Crippen LogP contribution in [-0.4, -0.2) is 8.42 Å². The molecule has 6 nitrogen and oxygen atoms in total. The molecule has 2 aromatic carbocycles. The Bertz CT molecular complexity index is 1000. The van der Waals surface area contributed by atoms with E-state index in [0.29, 0.717) is 11.4 Å². The Labute approximate surface area is 153 Å². The van der Waals surface area contributed by atoms with Gasteiger partial charge >= 0.3 is 0 Å². The molecule has 0 aromatic heterocycles. The number of hydrogen-bond donors (Lipinski definition) is 2. The number of rotatable bonds is 5. The number of nitrogens with one attached hydrogen (secondary N) is 2. The minimum absolute atomic E-state index is 0.0753. The molecule has 0 fully saturated rings. The molecule has 0 saturated heterocycles. The quantitative estimate of drug-likeness (QED) is 0.784. The summed E-state index contributed by atoms with van der Waals surface area (Å²) in [6, 6.07) is 13.3. The van der Waals surface area contributed by atoms with Crippen molar-refractivity contribution in [2.24, 2.45) is 0 Å². The van der Waals surface area contributed by atoms with Crippen molar-refractivity contribution < 1.29 is 8.42 Å². The number of aryl methyl sites for hydroxylation is 3. The summed E-state index contributed by atoms with van der Waals surface area (Å²) in [4.78, 5) is 0.118. The standard InChI is InChI=1S/C19H18N4O2S/c1-13-8-14(2)19(15(3)9-13)23-26(24,25)18-6-4-17(5-7-18)22-12-16(10-20)11-21/h4-9,12,22-23H,1-3H3. The monoisotopic (exact) mass is 366 g/mol. The Hall–Kier alpha value is -3.29. The molecule has 0 aliphatic heterocycles. The molecule has 0 bridgehead atoms. The van der Waals surface area contributed by atoms with Crippen LogP contribution in [0.4, 0.5) is 11.4 Å². The first-order chi connectivity index (χ1) is 12.3. The molecule has 2 N–H and O–H groups in total. The van der Waals surface area contributed by atoms with Crippen LogP contribution in [0.3, 0.4) is 0 Å². The van der Waals surface area contributed by atoms with E-state index >= 15 is 0 Å². The van der Waals surface area contributed by atoms with Crippen LogP contribution in [0.1, 0.15) is 16.7 Å². The van der Waals surface area contributed by atoms with Gasteiger partial charge in [-0.05, 0) is 56.2 Å². The van der Waals surface area contributed by atoms with Crippen LogP contribution < -0.4 is 10.0 Å². The van der Waals surface area contributed by atoms with Gasteiger partial charge in [-0.3, -0.25) is 4.72 Å². The Kier molecular flexibility index (Phi) is 5.66. The van der Waals surface area contributed by atoms with Crippen molar-refractivity contribution >= 4 is 21.4 Å². The predicted molar refractivity (Wildman–Crippen MR) is 101 cm³/mol. The largest absolute Gasteiger partial charge is 0.360 e. The van der Waals surface area contributed by atoms with E-state index in [4.69, 9.17) is 10.5 Å². The second-order valence-corrected chi connectivity index (χ2v) is 7.51. The lowest BCUT2D eigenvalue weighted by atomic mass is 10.1. The van der Waals surface area contributed by atoms with E-state index in [9.17, 15) is 8.42 Å².